The number of hydrogen-bond acceptors (Lipinski definition) is 2. The van der Waals surface area contributed by atoms with Crippen LogP contribution in [0.3, 0.4) is 0 Å². The van der Waals surface area contributed by atoms with Crippen LogP contribution >= 0.6 is 12.2 Å². The van der Waals surface area contributed by atoms with Crippen molar-refractivity contribution in [2.45, 2.75) is 19.8 Å². The van der Waals surface area contributed by atoms with Crippen molar-refractivity contribution in [3.63, 3.8) is 0 Å². The molecule has 2 aromatic heterocycles. The fourth-order valence-electron chi connectivity index (χ4n) is 1.91. The molecule has 0 saturated carbocycles. The number of nitrogens with one attached hydrogen (secondary N) is 2. The molecule has 0 aliphatic rings. The Morgan fingerprint density at radius 2 is 2.06 bits per heavy atom. The lowest BCUT2D eigenvalue weighted by atomic mass is 10.1. The Balaban J connectivity index is 2.17. The summed E-state index contributed by atoms with van der Waals surface area (Å²) in [6.45, 7) is 4.26. The lowest BCUT2D eigenvalue weighted by molar-refractivity contribution is 0.746. The number of aromatic amines is 2. The van der Waals surface area contributed by atoms with Gasteiger partial charge in [0.25, 0.3) is 0 Å². The molecule has 0 aliphatic carbocycles. The number of rotatable bonds is 2. The molecule has 3 aromatic rings. The van der Waals surface area contributed by atoms with E-state index in [1.165, 1.54) is 0 Å². The summed E-state index contributed by atoms with van der Waals surface area (Å²) in [5.41, 5.74) is 3.06. The average Bonchev–Trinajstić information content (AvgIpc) is 2.91. The zero-order valence-corrected chi connectivity index (χ0v) is 11.1. The summed E-state index contributed by atoms with van der Waals surface area (Å²) in [5.74, 6) is 1.14. The topological polar surface area (TPSA) is 49.4 Å². The number of benzene rings is 1. The second-order valence-electron chi connectivity index (χ2n) is 4.62. The maximum absolute atomic E-state index is 5.35. The Hall–Kier alpha value is -1.88. The van der Waals surface area contributed by atoms with Crippen molar-refractivity contribution in [2.24, 2.45) is 0 Å². The van der Waals surface area contributed by atoms with Crippen LogP contribution in [0.5, 0.6) is 0 Å². The van der Waals surface area contributed by atoms with Crippen LogP contribution in [0.4, 0.5) is 0 Å². The van der Waals surface area contributed by atoms with E-state index in [4.69, 9.17) is 12.2 Å². The number of hydrogen-bond donors (Lipinski definition) is 2. The minimum Gasteiger partial charge on any atom is -0.322 e. The SMILES string of the molecule is CC(C)c1cc(=S)n(-c2nc3ccccc3[nH]2)[nH]1. The first-order chi connectivity index (χ1) is 8.65. The third-order valence-electron chi connectivity index (χ3n) is 2.95. The fraction of sp³-hybridized carbons (Fsp3) is 0.231. The number of aromatic nitrogens is 4. The highest BCUT2D eigenvalue weighted by molar-refractivity contribution is 7.71. The maximum Gasteiger partial charge on any atom is 0.228 e. The van der Waals surface area contributed by atoms with E-state index in [2.05, 4.69) is 28.9 Å². The summed E-state index contributed by atoms with van der Waals surface area (Å²) >= 11 is 5.35. The average molecular weight is 258 g/mol. The Kier molecular flexibility index (Phi) is 2.56. The van der Waals surface area contributed by atoms with E-state index in [0.29, 0.717) is 5.92 Å². The summed E-state index contributed by atoms with van der Waals surface area (Å²) in [7, 11) is 0. The van der Waals surface area contributed by atoms with Crippen molar-refractivity contribution in [1.82, 2.24) is 19.7 Å². The van der Waals surface area contributed by atoms with Crippen LogP contribution in [-0.2, 0) is 0 Å². The van der Waals surface area contributed by atoms with E-state index < -0.39 is 0 Å². The van der Waals surface area contributed by atoms with E-state index >= 15 is 0 Å². The van der Waals surface area contributed by atoms with Gasteiger partial charge >= 0.3 is 0 Å². The fourth-order valence-corrected chi connectivity index (χ4v) is 2.17. The molecule has 0 fully saturated rings. The molecule has 4 nitrogen and oxygen atoms in total. The van der Waals surface area contributed by atoms with Crippen molar-refractivity contribution in [2.75, 3.05) is 0 Å². The van der Waals surface area contributed by atoms with Crippen LogP contribution in [-0.4, -0.2) is 19.7 Å². The quantitative estimate of drug-likeness (QED) is 0.691. The van der Waals surface area contributed by atoms with Crippen LogP contribution < -0.4 is 0 Å². The number of nitrogens with zero attached hydrogens (tertiary/aromatic N) is 2. The van der Waals surface area contributed by atoms with Gasteiger partial charge in [0.1, 0.15) is 4.64 Å². The van der Waals surface area contributed by atoms with Crippen molar-refractivity contribution >= 4 is 23.3 Å². The molecule has 2 heterocycles. The van der Waals surface area contributed by atoms with Gasteiger partial charge in [0.2, 0.25) is 5.95 Å². The molecule has 0 saturated heterocycles. The largest absolute Gasteiger partial charge is 0.322 e. The van der Waals surface area contributed by atoms with Gasteiger partial charge in [0, 0.05) is 5.69 Å². The van der Waals surface area contributed by atoms with Crippen molar-refractivity contribution in [3.8, 4) is 5.95 Å². The molecule has 92 valence electrons. The lowest BCUT2D eigenvalue weighted by Crippen LogP contribution is -2.00. The molecule has 2 N–H and O–H groups in total. The molecule has 3 rings (SSSR count). The number of fused-ring (bicyclic) bond motifs is 1. The van der Waals surface area contributed by atoms with Gasteiger partial charge in [-0.1, -0.05) is 38.2 Å². The van der Waals surface area contributed by atoms with E-state index in [9.17, 15) is 0 Å². The monoisotopic (exact) mass is 258 g/mol. The van der Waals surface area contributed by atoms with Crippen molar-refractivity contribution in [3.05, 3.63) is 40.7 Å². The first kappa shape index (κ1) is 11.2. The molecule has 0 aliphatic heterocycles. The standard InChI is InChI=1S/C13H14N4S/c1-8(2)11-7-12(18)17(16-11)13-14-9-5-3-4-6-10(9)15-13/h3-8,16H,1-2H3,(H,14,15). The highest BCUT2D eigenvalue weighted by Crippen LogP contribution is 2.17. The molecule has 0 atom stereocenters. The molecule has 0 radical (unpaired) electrons. The summed E-state index contributed by atoms with van der Waals surface area (Å²) in [4.78, 5) is 7.78. The number of para-hydroxylation sites is 2. The summed E-state index contributed by atoms with van der Waals surface area (Å²) in [6.07, 6.45) is 0. The lowest BCUT2D eigenvalue weighted by Gasteiger charge is -2.00. The third-order valence-corrected chi connectivity index (χ3v) is 3.25. The summed E-state index contributed by atoms with van der Waals surface area (Å²) in [6, 6.07) is 9.92. The van der Waals surface area contributed by atoms with Gasteiger partial charge < -0.3 is 4.98 Å². The van der Waals surface area contributed by atoms with E-state index in [1.54, 1.807) is 0 Å². The van der Waals surface area contributed by atoms with Crippen molar-refractivity contribution in [1.29, 1.82) is 0 Å². The smallest absolute Gasteiger partial charge is 0.228 e. The number of H-pyrrole nitrogens is 2. The van der Waals surface area contributed by atoms with Crippen LogP contribution in [0, 0.1) is 4.64 Å². The van der Waals surface area contributed by atoms with Crippen LogP contribution in [0.2, 0.25) is 0 Å². The maximum atomic E-state index is 5.35. The second-order valence-corrected chi connectivity index (χ2v) is 5.04. The minimum absolute atomic E-state index is 0.414. The summed E-state index contributed by atoms with van der Waals surface area (Å²) < 4.78 is 2.54. The summed E-state index contributed by atoms with van der Waals surface area (Å²) in [5, 5.41) is 3.28. The molecule has 18 heavy (non-hydrogen) atoms. The van der Waals surface area contributed by atoms with Gasteiger partial charge in [-0.2, -0.15) is 0 Å². The van der Waals surface area contributed by atoms with E-state index in [0.717, 1.165) is 27.3 Å². The van der Waals surface area contributed by atoms with Gasteiger partial charge in [0.05, 0.1) is 11.0 Å². The molecule has 0 spiro atoms. The molecule has 1 aromatic carbocycles. The van der Waals surface area contributed by atoms with E-state index in [1.807, 2.05) is 35.0 Å². The third kappa shape index (κ3) is 1.76. The van der Waals surface area contributed by atoms with Crippen LogP contribution in [0.15, 0.2) is 30.3 Å². The first-order valence-electron chi connectivity index (χ1n) is 5.92. The van der Waals surface area contributed by atoms with Gasteiger partial charge in [-0.05, 0) is 24.1 Å². The predicted molar refractivity (Wildman–Crippen MR) is 74.7 cm³/mol. The second kappa shape index (κ2) is 4.10. The predicted octanol–water partition coefficient (Wildman–Crippen LogP) is 3.53. The van der Waals surface area contributed by atoms with Gasteiger partial charge in [-0.15, -0.1) is 0 Å². The van der Waals surface area contributed by atoms with Gasteiger partial charge in [0.15, 0.2) is 0 Å². The minimum atomic E-state index is 0.414. The van der Waals surface area contributed by atoms with Crippen molar-refractivity contribution < 1.29 is 0 Å². The van der Waals surface area contributed by atoms with Crippen LogP contribution in [0.25, 0.3) is 17.0 Å². The molecule has 5 heteroatoms. The molecular weight excluding hydrogens is 244 g/mol. The molecule has 0 amide bonds. The molecular formula is C13H14N4S. The zero-order valence-electron chi connectivity index (χ0n) is 10.3. The van der Waals surface area contributed by atoms with E-state index in [-0.39, 0.29) is 0 Å². The normalized spacial score (nSPS) is 11.5. The zero-order chi connectivity index (χ0) is 12.7. The highest BCUT2D eigenvalue weighted by atomic mass is 32.1. The Morgan fingerprint density at radius 1 is 1.28 bits per heavy atom. The molecule has 0 bridgehead atoms. The Bertz CT molecular complexity index is 715. The Labute approximate surface area is 110 Å². The highest BCUT2D eigenvalue weighted by Gasteiger charge is 2.09. The first-order valence-corrected chi connectivity index (χ1v) is 6.33. The van der Waals surface area contributed by atoms with Crippen LogP contribution in [0.1, 0.15) is 25.5 Å². The van der Waals surface area contributed by atoms with Gasteiger partial charge in [-0.3, -0.25) is 5.10 Å². The molecule has 0 unspecified atom stereocenters. The van der Waals surface area contributed by atoms with Gasteiger partial charge in [-0.25, -0.2) is 9.67 Å². The number of imidazole rings is 1. The Morgan fingerprint density at radius 3 is 2.72 bits per heavy atom.